The number of nitrogens with zero attached hydrogens (tertiary/aromatic N) is 1. The molecule has 0 aliphatic carbocycles. The van der Waals surface area contributed by atoms with E-state index in [0.717, 1.165) is 21.9 Å². The van der Waals surface area contributed by atoms with E-state index in [1.54, 1.807) is 12.1 Å². The summed E-state index contributed by atoms with van der Waals surface area (Å²) in [5, 5.41) is 15.3. The topological polar surface area (TPSA) is 62.1 Å². The zero-order chi connectivity index (χ0) is 19.8. The van der Waals surface area contributed by atoms with E-state index < -0.39 is 5.92 Å². The molecule has 0 radical (unpaired) electrons. The van der Waals surface area contributed by atoms with Gasteiger partial charge in [-0.2, -0.15) is 5.26 Å². The molecule has 4 rings (SSSR count). The molecule has 0 saturated carbocycles. The van der Waals surface area contributed by atoms with Gasteiger partial charge in [0.2, 0.25) is 11.8 Å². The van der Waals surface area contributed by atoms with E-state index >= 15 is 0 Å². The van der Waals surface area contributed by atoms with Crippen LogP contribution in [0.2, 0.25) is 10.0 Å². The normalized spacial score (nSPS) is 15.6. The number of hydrogen-bond acceptors (Lipinski definition) is 3. The Morgan fingerprint density at radius 3 is 2.43 bits per heavy atom. The standard InChI is InChI=1S/C22H14Cl2N2O2/c1-12(27)26-22-18(11-25)20(13-6-8-14(23)9-7-13)17-10-19(24)15-4-2-3-5-16(15)21(17)28-22/h2-10,20H,1H3,(H,26,27). The van der Waals surface area contributed by atoms with Gasteiger partial charge in [0.1, 0.15) is 17.4 Å². The molecule has 0 bridgehead atoms. The van der Waals surface area contributed by atoms with Gasteiger partial charge in [-0.3, -0.25) is 10.1 Å². The summed E-state index contributed by atoms with van der Waals surface area (Å²) in [6.07, 6.45) is 0. The van der Waals surface area contributed by atoms with Gasteiger partial charge in [-0.1, -0.05) is 59.6 Å². The van der Waals surface area contributed by atoms with Crippen LogP contribution in [0.25, 0.3) is 10.8 Å². The second kappa shape index (κ2) is 7.20. The van der Waals surface area contributed by atoms with Crippen molar-refractivity contribution in [1.29, 1.82) is 5.26 Å². The molecule has 0 aromatic heterocycles. The summed E-state index contributed by atoms with van der Waals surface area (Å²) < 4.78 is 6.03. The molecule has 6 heteroatoms. The Labute approximate surface area is 171 Å². The quantitative estimate of drug-likeness (QED) is 0.604. The molecule has 28 heavy (non-hydrogen) atoms. The Morgan fingerprint density at radius 1 is 1.11 bits per heavy atom. The number of benzene rings is 3. The van der Waals surface area contributed by atoms with Crippen molar-refractivity contribution in [2.75, 3.05) is 0 Å². The highest BCUT2D eigenvalue weighted by Gasteiger charge is 2.33. The van der Waals surface area contributed by atoms with Crippen LogP contribution in [0.3, 0.4) is 0 Å². The average molecular weight is 409 g/mol. The highest BCUT2D eigenvalue weighted by molar-refractivity contribution is 6.36. The second-order valence-electron chi connectivity index (χ2n) is 6.44. The number of hydrogen-bond donors (Lipinski definition) is 1. The number of carbonyl (C=O) groups excluding carboxylic acids is 1. The zero-order valence-electron chi connectivity index (χ0n) is 14.8. The van der Waals surface area contributed by atoms with Crippen molar-refractivity contribution in [2.45, 2.75) is 12.8 Å². The third kappa shape index (κ3) is 3.09. The van der Waals surface area contributed by atoms with Gasteiger partial charge in [0.05, 0.1) is 5.92 Å². The molecule has 1 atom stereocenters. The Hall–Kier alpha value is -3.00. The SMILES string of the molecule is CC(=O)NC1=C(C#N)C(c2ccc(Cl)cc2)c2cc(Cl)c3ccccc3c2O1. The van der Waals surface area contributed by atoms with E-state index in [1.165, 1.54) is 6.92 Å². The van der Waals surface area contributed by atoms with E-state index in [2.05, 4.69) is 11.4 Å². The number of rotatable bonds is 2. The first kappa shape index (κ1) is 18.4. The van der Waals surface area contributed by atoms with E-state index in [9.17, 15) is 10.1 Å². The summed E-state index contributed by atoms with van der Waals surface area (Å²) >= 11 is 12.6. The van der Waals surface area contributed by atoms with E-state index in [4.69, 9.17) is 27.9 Å². The summed E-state index contributed by atoms with van der Waals surface area (Å²) in [6.45, 7) is 1.37. The van der Waals surface area contributed by atoms with Gasteiger partial charge in [0.15, 0.2) is 0 Å². The maximum Gasteiger partial charge on any atom is 0.223 e. The molecular weight excluding hydrogens is 395 g/mol. The predicted octanol–water partition coefficient (Wildman–Crippen LogP) is 5.54. The molecule has 3 aromatic rings. The van der Waals surface area contributed by atoms with Gasteiger partial charge in [-0.25, -0.2) is 0 Å². The minimum atomic E-state index is -0.449. The summed E-state index contributed by atoms with van der Waals surface area (Å²) in [5.74, 6) is -0.0630. The van der Waals surface area contributed by atoms with Crippen molar-refractivity contribution in [3.8, 4) is 11.8 Å². The molecule has 0 spiro atoms. The molecule has 1 unspecified atom stereocenters. The maximum absolute atomic E-state index is 11.7. The maximum atomic E-state index is 11.7. The monoisotopic (exact) mass is 408 g/mol. The number of halogens is 2. The minimum absolute atomic E-state index is 0.134. The number of nitrogens with one attached hydrogen (secondary N) is 1. The number of amides is 1. The van der Waals surface area contributed by atoms with Gasteiger partial charge >= 0.3 is 0 Å². The van der Waals surface area contributed by atoms with Gasteiger partial charge < -0.3 is 4.74 Å². The first-order valence-electron chi connectivity index (χ1n) is 8.56. The molecule has 3 aromatic carbocycles. The molecule has 1 N–H and O–H groups in total. The van der Waals surface area contributed by atoms with Crippen molar-refractivity contribution in [1.82, 2.24) is 5.32 Å². The van der Waals surface area contributed by atoms with Crippen LogP contribution >= 0.6 is 23.2 Å². The van der Waals surface area contributed by atoms with Crippen LogP contribution in [0.1, 0.15) is 24.0 Å². The van der Waals surface area contributed by atoms with Crippen molar-refractivity contribution in [2.24, 2.45) is 0 Å². The largest absolute Gasteiger partial charge is 0.439 e. The van der Waals surface area contributed by atoms with Crippen molar-refractivity contribution >= 4 is 39.9 Å². The number of nitriles is 1. The number of carbonyl (C=O) groups is 1. The van der Waals surface area contributed by atoms with Crippen molar-refractivity contribution in [3.63, 3.8) is 0 Å². The highest BCUT2D eigenvalue weighted by Crippen LogP contribution is 2.47. The molecule has 1 amide bonds. The zero-order valence-corrected chi connectivity index (χ0v) is 16.3. The molecule has 1 heterocycles. The average Bonchev–Trinajstić information content (AvgIpc) is 2.68. The smallest absolute Gasteiger partial charge is 0.223 e. The fourth-order valence-corrected chi connectivity index (χ4v) is 3.87. The Bertz CT molecular complexity index is 1180. The van der Waals surface area contributed by atoms with E-state index in [1.807, 2.05) is 42.5 Å². The Balaban J connectivity index is 2.04. The van der Waals surface area contributed by atoms with Gasteiger partial charge in [-0.05, 0) is 23.8 Å². The Kier molecular flexibility index (Phi) is 4.72. The number of allylic oxidation sites excluding steroid dienone is 1. The summed E-state index contributed by atoms with van der Waals surface area (Å²) in [6, 6.07) is 18.8. The van der Waals surface area contributed by atoms with Crippen LogP contribution in [-0.2, 0) is 4.79 Å². The Morgan fingerprint density at radius 2 is 1.79 bits per heavy atom. The van der Waals surface area contributed by atoms with Crippen LogP contribution in [0.5, 0.6) is 5.75 Å². The van der Waals surface area contributed by atoms with E-state index in [-0.39, 0.29) is 11.8 Å². The lowest BCUT2D eigenvalue weighted by Crippen LogP contribution is -2.29. The fourth-order valence-electron chi connectivity index (χ4n) is 3.47. The molecule has 4 nitrogen and oxygen atoms in total. The van der Waals surface area contributed by atoms with Gasteiger partial charge in [0, 0.05) is 33.3 Å². The van der Waals surface area contributed by atoms with Crippen molar-refractivity contribution < 1.29 is 9.53 Å². The lowest BCUT2D eigenvalue weighted by atomic mass is 9.82. The summed E-state index contributed by atoms with van der Waals surface area (Å²) in [5.41, 5.74) is 1.91. The van der Waals surface area contributed by atoms with Gasteiger partial charge in [-0.15, -0.1) is 0 Å². The highest BCUT2D eigenvalue weighted by atomic mass is 35.5. The third-order valence-electron chi connectivity index (χ3n) is 4.64. The van der Waals surface area contributed by atoms with Crippen LogP contribution in [0.15, 0.2) is 66.1 Å². The molecular formula is C22H14Cl2N2O2. The van der Waals surface area contributed by atoms with E-state index in [0.29, 0.717) is 21.4 Å². The molecule has 138 valence electrons. The predicted molar refractivity (Wildman–Crippen MR) is 109 cm³/mol. The molecule has 1 aliphatic rings. The number of fused-ring (bicyclic) bond motifs is 3. The first-order chi connectivity index (χ1) is 13.5. The second-order valence-corrected chi connectivity index (χ2v) is 7.29. The van der Waals surface area contributed by atoms with Gasteiger partial charge in [0.25, 0.3) is 0 Å². The first-order valence-corrected chi connectivity index (χ1v) is 9.31. The van der Waals surface area contributed by atoms with Crippen LogP contribution in [-0.4, -0.2) is 5.91 Å². The molecule has 0 fully saturated rings. The number of ether oxygens (including phenoxy) is 1. The van der Waals surface area contributed by atoms with Crippen LogP contribution in [0.4, 0.5) is 0 Å². The fraction of sp³-hybridized carbons (Fsp3) is 0.0909. The summed E-state index contributed by atoms with van der Waals surface area (Å²) in [4.78, 5) is 11.7. The minimum Gasteiger partial charge on any atom is -0.439 e. The lowest BCUT2D eigenvalue weighted by Gasteiger charge is -2.29. The third-order valence-corrected chi connectivity index (χ3v) is 5.20. The lowest BCUT2D eigenvalue weighted by molar-refractivity contribution is -0.118. The molecule has 1 aliphatic heterocycles. The van der Waals surface area contributed by atoms with Crippen LogP contribution in [0, 0.1) is 11.3 Å². The summed E-state index contributed by atoms with van der Waals surface area (Å²) in [7, 11) is 0. The molecule has 0 saturated heterocycles. The van der Waals surface area contributed by atoms with Crippen LogP contribution < -0.4 is 10.1 Å². The van der Waals surface area contributed by atoms with Crippen molar-refractivity contribution in [3.05, 3.63) is 87.2 Å².